The molecule has 4 heteroatoms. The molecule has 27 heavy (non-hydrogen) atoms. The Bertz CT molecular complexity index is 677. The van der Waals surface area contributed by atoms with Gasteiger partial charge in [0.2, 0.25) is 0 Å². The second kappa shape index (κ2) is 9.60. The monoisotopic (exact) mass is 365 g/mol. The summed E-state index contributed by atoms with van der Waals surface area (Å²) in [5.41, 5.74) is 1.68. The number of hydrogen-bond acceptors (Lipinski definition) is 3. The molecule has 144 valence electrons. The minimum absolute atomic E-state index is 0.115. The SMILES string of the molecule is CN(C(=O)/C(C#N)=C\N1CCC(Cc2ccccc2)CC1)C1CCCCC1. The van der Waals surface area contributed by atoms with Crippen molar-refractivity contribution < 1.29 is 4.79 Å². The second-order valence-electron chi connectivity index (χ2n) is 8.03. The minimum atomic E-state index is -0.115. The summed E-state index contributed by atoms with van der Waals surface area (Å²) in [5.74, 6) is 0.569. The smallest absolute Gasteiger partial charge is 0.265 e. The van der Waals surface area contributed by atoms with E-state index in [1.807, 2.05) is 7.05 Å². The van der Waals surface area contributed by atoms with Gasteiger partial charge in [0.1, 0.15) is 11.6 Å². The number of rotatable bonds is 5. The molecule has 1 aliphatic heterocycles. The first-order valence-corrected chi connectivity index (χ1v) is 10.3. The van der Waals surface area contributed by atoms with Crippen LogP contribution < -0.4 is 0 Å². The van der Waals surface area contributed by atoms with Crippen LogP contribution in [0.15, 0.2) is 42.1 Å². The number of amides is 1. The van der Waals surface area contributed by atoms with Gasteiger partial charge in [-0.2, -0.15) is 5.26 Å². The molecule has 0 aromatic heterocycles. The fourth-order valence-electron chi connectivity index (χ4n) is 4.37. The number of nitrogens with zero attached hydrogens (tertiary/aromatic N) is 3. The predicted molar refractivity (Wildman–Crippen MR) is 108 cm³/mol. The van der Waals surface area contributed by atoms with Gasteiger partial charge in [-0.25, -0.2) is 0 Å². The maximum atomic E-state index is 12.8. The highest BCUT2D eigenvalue weighted by Crippen LogP contribution is 2.24. The fraction of sp³-hybridized carbons (Fsp3) is 0.565. The molecule has 2 aliphatic rings. The maximum Gasteiger partial charge on any atom is 0.265 e. The predicted octanol–water partition coefficient (Wildman–Crippen LogP) is 4.14. The summed E-state index contributed by atoms with van der Waals surface area (Å²) < 4.78 is 0. The molecule has 1 aromatic carbocycles. The molecule has 1 amide bonds. The van der Waals surface area contributed by atoms with Crippen molar-refractivity contribution in [3.8, 4) is 6.07 Å². The van der Waals surface area contributed by atoms with Crippen LogP contribution in [0.3, 0.4) is 0 Å². The van der Waals surface area contributed by atoms with Gasteiger partial charge in [0.05, 0.1) is 0 Å². The van der Waals surface area contributed by atoms with E-state index < -0.39 is 0 Å². The lowest BCUT2D eigenvalue weighted by Crippen LogP contribution is -2.39. The van der Waals surface area contributed by atoms with Crippen molar-refractivity contribution in [2.45, 2.75) is 57.4 Å². The van der Waals surface area contributed by atoms with Gasteiger partial charge >= 0.3 is 0 Å². The van der Waals surface area contributed by atoms with E-state index in [1.54, 1.807) is 11.1 Å². The van der Waals surface area contributed by atoms with E-state index in [-0.39, 0.29) is 11.5 Å². The van der Waals surface area contributed by atoms with Crippen LogP contribution >= 0.6 is 0 Å². The van der Waals surface area contributed by atoms with Gasteiger partial charge in [0.15, 0.2) is 0 Å². The molecule has 0 N–H and O–H groups in total. The quantitative estimate of drug-likeness (QED) is 0.582. The van der Waals surface area contributed by atoms with Crippen LogP contribution in [0, 0.1) is 17.2 Å². The van der Waals surface area contributed by atoms with Crippen LogP contribution in [0.2, 0.25) is 0 Å². The zero-order valence-electron chi connectivity index (χ0n) is 16.4. The van der Waals surface area contributed by atoms with E-state index in [0.717, 1.165) is 45.2 Å². The highest BCUT2D eigenvalue weighted by atomic mass is 16.2. The molecule has 0 spiro atoms. The number of benzene rings is 1. The van der Waals surface area contributed by atoms with E-state index in [0.29, 0.717) is 12.0 Å². The van der Waals surface area contributed by atoms with Crippen LogP contribution in [0.5, 0.6) is 0 Å². The van der Waals surface area contributed by atoms with Gasteiger partial charge in [-0.1, -0.05) is 49.6 Å². The minimum Gasteiger partial charge on any atom is -0.376 e. The first-order valence-electron chi connectivity index (χ1n) is 10.3. The van der Waals surface area contributed by atoms with Gasteiger partial charge in [-0.15, -0.1) is 0 Å². The molecule has 2 fully saturated rings. The highest BCUT2D eigenvalue weighted by Gasteiger charge is 2.25. The number of carbonyl (C=O) groups excluding carboxylic acids is 1. The number of likely N-dealkylation sites (N-methyl/N-ethyl adjacent to an activating group) is 1. The molecule has 0 radical (unpaired) electrons. The van der Waals surface area contributed by atoms with Gasteiger partial charge in [-0.3, -0.25) is 4.79 Å². The largest absolute Gasteiger partial charge is 0.376 e. The van der Waals surface area contributed by atoms with Crippen molar-refractivity contribution >= 4 is 5.91 Å². The average Bonchev–Trinajstić information content (AvgIpc) is 2.73. The van der Waals surface area contributed by atoms with Gasteiger partial charge < -0.3 is 9.80 Å². The van der Waals surface area contributed by atoms with Crippen molar-refractivity contribution in [2.24, 2.45) is 5.92 Å². The third kappa shape index (κ3) is 5.35. The summed E-state index contributed by atoms with van der Waals surface area (Å²) >= 11 is 0. The Morgan fingerprint density at radius 3 is 2.44 bits per heavy atom. The molecule has 3 rings (SSSR count). The Hall–Kier alpha value is -2.28. The first-order chi connectivity index (χ1) is 13.2. The zero-order chi connectivity index (χ0) is 19.1. The molecule has 1 saturated heterocycles. The van der Waals surface area contributed by atoms with E-state index in [4.69, 9.17) is 0 Å². The fourth-order valence-corrected chi connectivity index (χ4v) is 4.37. The van der Waals surface area contributed by atoms with Gasteiger partial charge in [0, 0.05) is 32.4 Å². The number of hydrogen-bond donors (Lipinski definition) is 0. The van der Waals surface area contributed by atoms with E-state index in [1.165, 1.54) is 24.8 Å². The molecule has 0 unspecified atom stereocenters. The van der Waals surface area contributed by atoms with E-state index in [9.17, 15) is 10.1 Å². The van der Waals surface area contributed by atoms with Crippen LogP contribution in [0.4, 0.5) is 0 Å². The third-order valence-corrected chi connectivity index (χ3v) is 6.12. The van der Waals surface area contributed by atoms with Crippen molar-refractivity contribution in [1.82, 2.24) is 9.80 Å². The highest BCUT2D eigenvalue weighted by molar-refractivity contribution is 5.97. The van der Waals surface area contributed by atoms with Crippen molar-refractivity contribution in [2.75, 3.05) is 20.1 Å². The van der Waals surface area contributed by atoms with Crippen LogP contribution in [-0.4, -0.2) is 41.9 Å². The summed E-state index contributed by atoms with van der Waals surface area (Å²) in [6, 6.07) is 13.1. The molecular weight excluding hydrogens is 334 g/mol. The third-order valence-electron chi connectivity index (χ3n) is 6.12. The summed E-state index contributed by atoms with van der Waals surface area (Å²) in [7, 11) is 1.86. The Balaban J connectivity index is 1.53. The molecule has 1 aromatic rings. The van der Waals surface area contributed by atoms with Crippen molar-refractivity contribution in [1.29, 1.82) is 5.26 Å². The lowest BCUT2D eigenvalue weighted by molar-refractivity contribution is -0.128. The molecule has 1 saturated carbocycles. The van der Waals surface area contributed by atoms with Crippen LogP contribution in [0.25, 0.3) is 0 Å². The Morgan fingerprint density at radius 1 is 1.15 bits per heavy atom. The molecule has 1 aliphatic carbocycles. The Labute approximate surface area is 163 Å². The summed E-state index contributed by atoms with van der Waals surface area (Å²) in [6.07, 6.45) is 10.9. The average molecular weight is 366 g/mol. The summed E-state index contributed by atoms with van der Waals surface area (Å²) in [4.78, 5) is 16.7. The summed E-state index contributed by atoms with van der Waals surface area (Å²) in [6.45, 7) is 1.84. The Morgan fingerprint density at radius 2 is 1.81 bits per heavy atom. The lowest BCUT2D eigenvalue weighted by Gasteiger charge is -2.33. The standard InChI is InChI=1S/C23H31N3O/c1-25(22-10-6-3-7-11-22)23(27)21(17-24)18-26-14-12-20(13-15-26)16-19-8-4-2-5-9-19/h2,4-5,8-9,18,20,22H,3,6-7,10-16H2,1H3/b21-18-. The molecule has 4 nitrogen and oxygen atoms in total. The second-order valence-corrected chi connectivity index (χ2v) is 8.03. The van der Waals surface area contributed by atoms with Crippen molar-refractivity contribution in [3.05, 3.63) is 47.7 Å². The molecule has 1 heterocycles. The number of likely N-dealkylation sites (tertiary alicyclic amines) is 1. The van der Waals surface area contributed by atoms with Gasteiger partial charge in [0.25, 0.3) is 5.91 Å². The molecule has 0 bridgehead atoms. The summed E-state index contributed by atoms with van der Waals surface area (Å²) in [5, 5.41) is 9.53. The molecular formula is C23H31N3O. The first kappa shape index (κ1) is 19.5. The lowest BCUT2D eigenvalue weighted by atomic mass is 9.90. The topological polar surface area (TPSA) is 47.3 Å². The van der Waals surface area contributed by atoms with E-state index >= 15 is 0 Å². The van der Waals surface area contributed by atoms with Crippen LogP contribution in [-0.2, 0) is 11.2 Å². The number of carbonyl (C=O) groups is 1. The number of nitriles is 1. The van der Waals surface area contributed by atoms with Crippen molar-refractivity contribution in [3.63, 3.8) is 0 Å². The van der Waals surface area contributed by atoms with Gasteiger partial charge in [-0.05, 0) is 43.6 Å². The Kier molecular flexibility index (Phi) is 6.92. The van der Waals surface area contributed by atoms with Crippen LogP contribution in [0.1, 0.15) is 50.5 Å². The molecule has 0 atom stereocenters. The number of piperidine rings is 1. The normalized spacial score (nSPS) is 19.6. The zero-order valence-corrected chi connectivity index (χ0v) is 16.4. The maximum absolute atomic E-state index is 12.8. The van der Waals surface area contributed by atoms with E-state index in [2.05, 4.69) is 41.3 Å².